The van der Waals surface area contributed by atoms with Crippen LogP contribution in [-0.4, -0.2) is 20.6 Å². The van der Waals surface area contributed by atoms with E-state index in [1.165, 1.54) is 11.3 Å². The molecule has 0 aliphatic heterocycles. The summed E-state index contributed by atoms with van der Waals surface area (Å²) in [6.45, 7) is 0. The van der Waals surface area contributed by atoms with Crippen LogP contribution in [0.25, 0.3) is 22.4 Å². The van der Waals surface area contributed by atoms with Crippen LogP contribution in [0.5, 0.6) is 0 Å². The van der Waals surface area contributed by atoms with E-state index in [1.807, 2.05) is 41.3 Å². The Balaban J connectivity index is 2.29. The van der Waals surface area contributed by atoms with Crippen molar-refractivity contribution in [2.75, 3.05) is 0 Å². The number of aromatic nitrogens is 2. The van der Waals surface area contributed by atoms with E-state index in [0.717, 1.165) is 11.0 Å². The Bertz CT molecular complexity index is 742. The van der Waals surface area contributed by atoms with Crippen LogP contribution in [0.2, 0.25) is 0 Å². The Morgan fingerprint density at radius 2 is 2.11 bits per heavy atom. The highest BCUT2D eigenvalue weighted by Crippen LogP contribution is 2.29. The van der Waals surface area contributed by atoms with Gasteiger partial charge in [-0.1, -0.05) is 12.1 Å². The number of aryl methyl sites for hydroxylation is 1. The molecule has 18 heavy (non-hydrogen) atoms. The first kappa shape index (κ1) is 11.0. The Morgan fingerprint density at radius 3 is 2.83 bits per heavy atom. The summed E-state index contributed by atoms with van der Waals surface area (Å²) in [7, 11) is 1.90. The van der Waals surface area contributed by atoms with Gasteiger partial charge in [0, 0.05) is 23.4 Å². The fraction of sp³-hybridized carbons (Fsp3) is 0.0769. The van der Waals surface area contributed by atoms with Gasteiger partial charge in [-0.05, 0) is 12.1 Å². The maximum atomic E-state index is 11.2. The van der Waals surface area contributed by atoms with Crippen molar-refractivity contribution in [3.8, 4) is 11.4 Å². The molecule has 0 atom stereocenters. The first-order valence-corrected chi connectivity index (χ1v) is 6.34. The highest BCUT2D eigenvalue weighted by molar-refractivity contribution is 7.08. The Hall–Kier alpha value is -2.14. The second-order valence-corrected chi connectivity index (χ2v) is 4.73. The molecule has 0 aliphatic rings. The van der Waals surface area contributed by atoms with Crippen molar-refractivity contribution in [2.24, 2.45) is 7.05 Å². The molecule has 90 valence electrons. The van der Waals surface area contributed by atoms with Gasteiger partial charge in [0.1, 0.15) is 5.82 Å². The largest absolute Gasteiger partial charge is 0.478 e. The molecular formula is C13H10N2O2S. The molecule has 0 fully saturated rings. The molecule has 2 heterocycles. The number of para-hydroxylation sites is 2. The zero-order valence-corrected chi connectivity index (χ0v) is 10.4. The number of imidazole rings is 1. The molecular weight excluding hydrogens is 248 g/mol. The fourth-order valence-corrected chi connectivity index (χ4v) is 2.82. The molecule has 1 aromatic carbocycles. The summed E-state index contributed by atoms with van der Waals surface area (Å²) in [5.74, 6) is -0.229. The van der Waals surface area contributed by atoms with Crippen molar-refractivity contribution in [3.05, 3.63) is 40.6 Å². The molecule has 0 saturated carbocycles. The average molecular weight is 258 g/mol. The average Bonchev–Trinajstić information content (AvgIpc) is 2.94. The van der Waals surface area contributed by atoms with E-state index >= 15 is 0 Å². The van der Waals surface area contributed by atoms with Gasteiger partial charge in [-0.15, -0.1) is 0 Å². The summed E-state index contributed by atoms with van der Waals surface area (Å²) in [6, 6.07) is 7.76. The maximum absolute atomic E-state index is 11.2. The minimum absolute atomic E-state index is 0.304. The molecule has 0 bridgehead atoms. The summed E-state index contributed by atoms with van der Waals surface area (Å²) >= 11 is 1.37. The van der Waals surface area contributed by atoms with E-state index in [-0.39, 0.29) is 0 Å². The van der Waals surface area contributed by atoms with Crippen molar-refractivity contribution in [1.29, 1.82) is 0 Å². The van der Waals surface area contributed by atoms with Crippen LogP contribution in [0, 0.1) is 0 Å². The van der Waals surface area contributed by atoms with Gasteiger partial charge in [0.2, 0.25) is 0 Å². The second-order valence-electron chi connectivity index (χ2n) is 3.99. The second kappa shape index (κ2) is 3.96. The zero-order chi connectivity index (χ0) is 12.7. The lowest BCUT2D eigenvalue weighted by Crippen LogP contribution is -1.99. The summed E-state index contributed by atoms with van der Waals surface area (Å²) in [6.07, 6.45) is 0. The minimum atomic E-state index is -0.918. The first-order valence-electron chi connectivity index (χ1n) is 5.40. The Kier molecular flexibility index (Phi) is 2.41. The number of benzene rings is 1. The van der Waals surface area contributed by atoms with Crippen molar-refractivity contribution < 1.29 is 9.90 Å². The van der Waals surface area contributed by atoms with Crippen LogP contribution in [0.4, 0.5) is 0 Å². The number of thiophene rings is 1. The molecule has 4 nitrogen and oxygen atoms in total. The van der Waals surface area contributed by atoms with E-state index in [0.29, 0.717) is 17.0 Å². The summed E-state index contributed by atoms with van der Waals surface area (Å²) in [5, 5.41) is 12.6. The third kappa shape index (κ3) is 1.52. The zero-order valence-electron chi connectivity index (χ0n) is 9.62. The predicted octanol–water partition coefficient (Wildman–Crippen LogP) is 3.00. The summed E-state index contributed by atoms with van der Waals surface area (Å²) in [4.78, 5) is 15.7. The number of hydrogen-bond acceptors (Lipinski definition) is 3. The van der Waals surface area contributed by atoms with Gasteiger partial charge in [0.25, 0.3) is 0 Å². The molecule has 0 saturated heterocycles. The lowest BCUT2D eigenvalue weighted by Gasteiger charge is -2.01. The SMILES string of the molecule is Cn1c(-c2cscc2C(=O)O)nc2ccccc21. The van der Waals surface area contributed by atoms with Crippen LogP contribution in [-0.2, 0) is 7.05 Å². The lowest BCUT2D eigenvalue weighted by atomic mass is 10.2. The number of fused-ring (bicyclic) bond motifs is 1. The van der Waals surface area contributed by atoms with Crippen LogP contribution in [0.3, 0.4) is 0 Å². The smallest absolute Gasteiger partial charge is 0.337 e. The number of rotatable bonds is 2. The molecule has 1 N–H and O–H groups in total. The normalized spacial score (nSPS) is 10.9. The van der Waals surface area contributed by atoms with Crippen LogP contribution in [0.15, 0.2) is 35.0 Å². The van der Waals surface area contributed by atoms with Crippen molar-refractivity contribution in [3.63, 3.8) is 0 Å². The van der Waals surface area contributed by atoms with Crippen molar-refractivity contribution in [2.45, 2.75) is 0 Å². The van der Waals surface area contributed by atoms with Crippen LogP contribution >= 0.6 is 11.3 Å². The highest BCUT2D eigenvalue weighted by atomic mass is 32.1. The minimum Gasteiger partial charge on any atom is -0.478 e. The first-order chi connectivity index (χ1) is 8.68. The number of hydrogen-bond donors (Lipinski definition) is 1. The molecule has 0 amide bonds. The predicted molar refractivity (Wildman–Crippen MR) is 71.0 cm³/mol. The highest BCUT2D eigenvalue weighted by Gasteiger charge is 2.17. The lowest BCUT2D eigenvalue weighted by molar-refractivity contribution is 0.0698. The molecule has 2 aromatic heterocycles. The quantitative estimate of drug-likeness (QED) is 0.768. The molecule has 3 rings (SSSR count). The van der Waals surface area contributed by atoms with Gasteiger partial charge < -0.3 is 9.67 Å². The van der Waals surface area contributed by atoms with Gasteiger partial charge in [0.05, 0.1) is 16.6 Å². The Morgan fingerprint density at radius 1 is 1.33 bits per heavy atom. The Labute approximate surface area is 107 Å². The van der Waals surface area contributed by atoms with Gasteiger partial charge in [-0.3, -0.25) is 0 Å². The topological polar surface area (TPSA) is 55.1 Å². The van der Waals surface area contributed by atoms with Gasteiger partial charge in [-0.2, -0.15) is 11.3 Å². The summed E-state index contributed by atoms with van der Waals surface area (Å²) in [5.41, 5.74) is 2.84. The molecule has 0 unspecified atom stereocenters. The third-order valence-corrected chi connectivity index (χ3v) is 3.66. The summed E-state index contributed by atoms with van der Waals surface area (Å²) < 4.78 is 1.92. The number of aromatic carboxylic acids is 1. The number of carboxylic acid groups (broad SMARTS) is 1. The fourth-order valence-electron chi connectivity index (χ4n) is 2.02. The molecule has 3 aromatic rings. The van der Waals surface area contributed by atoms with Crippen molar-refractivity contribution >= 4 is 28.3 Å². The maximum Gasteiger partial charge on any atom is 0.337 e. The van der Waals surface area contributed by atoms with Crippen LogP contribution in [0.1, 0.15) is 10.4 Å². The van der Waals surface area contributed by atoms with E-state index < -0.39 is 5.97 Å². The van der Waals surface area contributed by atoms with E-state index in [2.05, 4.69) is 4.98 Å². The standard InChI is InChI=1S/C13H10N2O2S/c1-15-11-5-3-2-4-10(11)14-12(15)8-6-18-7-9(8)13(16)17/h2-7H,1H3,(H,16,17). The molecule has 0 spiro atoms. The van der Waals surface area contributed by atoms with Gasteiger partial charge >= 0.3 is 5.97 Å². The molecule has 0 aliphatic carbocycles. The van der Waals surface area contributed by atoms with Gasteiger partial charge in [0.15, 0.2) is 0 Å². The van der Waals surface area contributed by atoms with E-state index in [1.54, 1.807) is 5.38 Å². The molecule has 5 heteroatoms. The number of carboxylic acids is 1. The van der Waals surface area contributed by atoms with Gasteiger partial charge in [-0.25, -0.2) is 9.78 Å². The van der Waals surface area contributed by atoms with Crippen LogP contribution < -0.4 is 0 Å². The van der Waals surface area contributed by atoms with Crippen molar-refractivity contribution in [1.82, 2.24) is 9.55 Å². The number of carbonyl (C=O) groups is 1. The molecule has 0 radical (unpaired) electrons. The number of nitrogens with zero attached hydrogens (tertiary/aromatic N) is 2. The third-order valence-electron chi connectivity index (χ3n) is 2.92. The monoisotopic (exact) mass is 258 g/mol. The van der Waals surface area contributed by atoms with E-state index in [9.17, 15) is 4.79 Å². The van der Waals surface area contributed by atoms with E-state index in [4.69, 9.17) is 5.11 Å².